The van der Waals surface area contributed by atoms with Crippen molar-refractivity contribution in [2.24, 2.45) is 0 Å². The molecule has 4 aromatic rings. The molecule has 3 aromatic carbocycles. The van der Waals surface area contributed by atoms with Crippen molar-refractivity contribution in [3.63, 3.8) is 0 Å². The number of carbonyl (C=O) groups is 1. The van der Waals surface area contributed by atoms with Crippen LogP contribution >= 0.6 is 0 Å². The number of carbonyl (C=O) groups excluding carboxylic acids is 1. The summed E-state index contributed by atoms with van der Waals surface area (Å²) >= 11 is 0. The third kappa shape index (κ3) is 5.53. The smallest absolute Gasteiger partial charge is 0.253 e. The van der Waals surface area contributed by atoms with Crippen LogP contribution in [0.4, 0.5) is 10.2 Å². The Bertz CT molecular complexity index is 1360. The summed E-state index contributed by atoms with van der Waals surface area (Å²) < 4.78 is 13.3. The van der Waals surface area contributed by atoms with Gasteiger partial charge in [0, 0.05) is 55.0 Å². The molecule has 0 atom stereocenters. The number of nitrogens with zero attached hydrogens (tertiary/aromatic N) is 4. The van der Waals surface area contributed by atoms with E-state index in [0.717, 1.165) is 41.3 Å². The highest BCUT2D eigenvalue weighted by Crippen LogP contribution is 2.29. The van der Waals surface area contributed by atoms with Gasteiger partial charge in [0.05, 0.1) is 0 Å². The Hall–Kier alpha value is -4.06. The number of amides is 1. The van der Waals surface area contributed by atoms with Crippen molar-refractivity contribution in [1.82, 2.24) is 14.9 Å². The Morgan fingerprint density at radius 3 is 2.19 bits per heavy atom. The summed E-state index contributed by atoms with van der Waals surface area (Å²) in [6.45, 7) is 6.72. The summed E-state index contributed by atoms with van der Waals surface area (Å²) in [5.74, 6) is 1.26. The number of rotatable bonds is 6. The molecule has 1 aliphatic heterocycles. The molecule has 188 valence electrons. The van der Waals surface area contributed by atoms with Crippen molar-refractivity contribution in [3.05, 3.63) is 113 Å². The standard InChI is InChI=1S/C31H31FN4O/c1-3-28-27(21-23-11-9-22(2)10-12-23)30(34-29(33-28)24-7-5-4-6-8-24)35-17-19-36(20-18-35)31(37)25-13-15-26(32)16-14-25/h4-16H,3,17-21H2,1-2H3. The molecule has 0 aliphatic carbocycles. The number of hydrogen-bond donors (Lipinski definition) is 0. The molecule has 0 saturated carbocycles. The van der Waals surface area contributed by atoms with Crippen LogP contribution in [0.1, 0.15) is 39.7 Å². The van der Waals surface area contributed by atoms with E-state index in [-0.39, 0.29) is 11.7 Å². The number of halogens is 1. The minimum absolute atomic E-state index is 0.0681. The summed E-state index contributed by atoms with van der Waals surface area (Å²) in [6.07, 6.45) is 1.56. The Kier molecular flexibility index (Phi) is 7.26. The number of benzene rings is 3. The maximum Gasteiger partial charge on any atom is 0.253 e. The van der Waals surface area contributed by atoms with Crippen LogP contribution in [0.25, 0.3) is 11.4 Å². The quantitative estimate of drug-likeness (QED) is 0.345. The molecule has 6 heteroatoms. The van der Waals surface area contributed by atoms with E-state index in [4.69, 9.17) is 9.97 Å². The van der Waals surface area contributed by atoms with Gasteiger partial charge in [-0.3, -0.25) is 4.79 Å². The Balaban J connectivity index is 1.46. The van der Waals surface area contributed by atoms with Crippen molar-refractivity contribution >= 4 is 11.7 Å². The third-order valence-corrected chi connectivity index (χ3v) is 6.90. The fourth-order valence-corrected chi connectivity index (χ4v) is 4.78. The van der Waals surface area contributed by atoms with Crippen LogP contribution in [0, 0.1) is 12.7 Å². The molecule has 0 unspecified atom stereocenters. The average molecular weight is 495 g/mol. The van der Waals surface area contributed by atoms with Crippen LogP contribution in [0.5, 0.6) is 0 Å². The van der Waals surface area contributed by atoms with E-state index in [1.807, 2.05) is 35.2 Å². The Morgan fingerprint density at radius 1 is 0.865 bits per heavy atom. The predicted molar refractivity (Wildman–Crippen MR) is 145 cm³/mol. The fraction of sp³-hybridized carbons (Fsp3) is 0.258. The highest BCUT2D eigenvalue weighted by Gasteiger charge is 2.26. The van der Waals surface area contributed by atoms with Crippen LogP contribution in [-0.2, 0) is 12.8 Å². The minimum atomic E-state index is -0.341. The van der Waals surface area contributed by atoms with Gasteiger partial charge in [0.2, 0.25) is 0 Å². The van der Waals surface area contributed by atoms with Gasteiger partial charge in [-0.2, -0.15) is 0 Å². The van der Waals surface area contributed by atoms with Gasteiger partial charge in [-0.1, -0.05) is 67.1 Å². The van der Waals surface area contributed by atoms with Crippen molar-refractivity contribution in [2.45, 2.75) is 26.7 Å². The molecule has 5 rings (SSSR count). The van der Waals surface area contributed by atoms with E-state index in [1.54, 1.807) is 12.1 Å². The van der Waals surface area contributed by atoms with Gasteiger partial charge in [0.25, 0.3) is 5.91 Å². The minimum Gasteiger partial charge on any atom is -0.353 e. The first-order valence-electron chi connectivity index (χ1n) is 12.8. The van der Waals surface area contributed by atoms with Crippen molar-refractivity contribution < 1.29 is 9.18 Å². The van der Waals surface area contributed by atoms with E-state index < -0.39 is 0 Å². The first-order chi connectivity index (χ1) is 18.0. The first kappa shape index (κ1) is 24.6. The van der Waals surface area contributed by atoms with Gasteiger partial charge in [-0.15, -0.1) is 0 Å². The summed E-state index contributed by atoms with van der Waals surface area (Å²) in [4.78, 5) is 27.2. The van der Waals surface area contributed by atoms with E-state index in [1.165, 1.54) is 23.3 Å². The van der Waals surface area contributed by atoms with Crippen molar-refractivity contribution in [1.29, 1.82) is 0 Å². The van der Waals surface area contributed by atoms with Crippen LogP contribution in [0.15, 0.2) is 78.9 Å². The van der Waals surface area contributed by atoms with Crippen molar-refractivity contribution in [2.75, 3.05) is 31.1 Å². The predicted octanol–water partition coefficient (Wildman–Crippen LogP) is 5.71. The van der Waals surface area contributed by atoms with Gasteiger partial charge in [-0.05, 0) is 43.2 Å². The second-order valence-corrected chi connectivity index (χ2v) is 9.46. The molecule has 1 aromatic heterocycles. The zero-order valence-electron chi connectivity index (χ0n) is 21.3. The second kappa shape index (κ2) is 10.9. The molecule has 0 radical (unpaired) electrons. The van der Waals surface area contributed by atoms with Gasteiger partial charge >= 0.3 is 0 Å². The van der Waals surface area contributed by atoms with Gasteiger partial charge < -0.3 is 9.80 Å². The van der Waals surface area contributed by atoms with Crippen LogP contribution < -0.4 is 4.90 Å². The van der Waals surface area contributed by atoms with Crippen LogP contribution in [0.3, 0.4) is 0 Å². The number of anilines is 1. The molecule has 0 bridgehead atoms. The molecular weight excluding hydrogens is 463 g/mol. The molecular formula is C31H31FN4O. The molecule has 1 saturated heterocycles. The summed E-state index contributed by atoms with van der Waals surface area (Å²) in [6, 6.07) is 24.5. The lowest BCUT2D eigenvalue weighted by molar-refractivity contribution is 0.0746. The molecule has 5 nitrogen and oxygen atoms in total. The van der Waals surface area contributed by atoms with E-state index in [0.29, 0.717) is 31.7 Å². The van der Waals surface area contributed by atoms with Crippen molar-refractivity contribution in [3.8, 4) is 11.4 Å². The number of piperazine rings is 1. The highest BCUT2D eigenvalue weighted by molar-refractivity contribution is 5.94. The molecule has 37 heavy (non-hydrogen) atoms. The first-order valence-corrected chi connectivity index (χ1v) is 12.8. The maximum absolute atomic E-state index is 13.3. The Labute approximate surface area is 217 Å². The number of aryl methyl sites for hydroxylation is 2. The molecule has 1 fully saturated rings. The highest BCUT2D eigenvalue weighted by atomic mass is 19.1. The van der Waals surface area contributed by atoms with Gasteiger partial charge in [0.1, 0.15) is 11.6 Å². The van der Waals surface area contributed by atoms with Gasteiger partial charge in [0.15, 0.2) is 5.82 Å². The normalized spacial score (nSPS) is 13.6. The molecule has 1 aliphatic rings. The topological polar surface area (TPSA) is 49.3 Å². The van der Waals surface area contributed by atoms with Crippen LogP contribution in [0.2, 0.25) is 0 Å². The average Bonchev–Trinajstić information content (AvgIpc) is 2.95. The van der Waals surface area contributed by atoms with Gasteiger partial charge in [-0.25, -0.2) is 14.4 Å². The summed E-state index contributed by atoms with van der Waals surface area (Å²) in [5.41, 5.74) is 6.15. The molecule has 2 heterocycles. The third-order valence-electron chi connectivity index (χ3n) is 6.90. The van der Waals surface area contributed by atoms with E-state index in [9.17, 15) is 9.18 Å². The fourth-order valence-electron chi connectivity index (χ4n) is 4.78. The molecule has 0 spiro atoms. The van der Waals surface area contributed by atoms with Crippen LogP contribution in [-0.4, -0.2) is 47.0 Å². The summed E-state index contributed by atoms with van der Waals surface area (Å²) in [7, 11) is 0. The number of aromatic nitrogens is 2. The lowest BCUT2D eigenvalue weighted by atomic mass is 10.0. The lowest BCUT2D eigenvalue weighted by Gasteiger charge is -2.36. The second-order valence-electron chi connectivity index (χ2n) is 9.46. The van der Waals surface area contributed by atoms with E-state index in [2.05, 4.69) is 43.0 Å². The Morgan fingerprint density at radius 2 is 1.54 bits per heavy atom. The SMILES string of the molecule is CCc1nc(-c2ccccc2)nc(N2CCN(C(=O)c3ccc(F)cc3)CC2)c1Cc1ccc(C)cc1. The number of hydrogen-bond acceptors (Lipinski definition) is 4. The zero-order valence-corrected chi connectivity index (χ0v) is 21.3. The van der Waals surface area contributed by atoms with E-state index >= 15 is 0 Å². The summed E-state index contributed by atoms with van der Waals surface area (Å²) in [5, 5.41) is 0. The monoisotopic (exact) mass is 494 g/mol. The molecule has 1 amide bonds. The zero-order chi connectivity index (χ0) is 25.8. The maximum atomic E-state index is 13.3. The molecule has 0 N–H and O–H groups in total. The largest absolute Gasteiger partial charge is 0.353 e. The lowest BCUT2D eigenvalue weighted by Crippen LogP contribution is -2.49.